The Bertz CT molecular complexity index is 314. The molecule has 0 unspecified atom stereocenters. The highest BCUT2D eigenvalue weighted by molar-refractivity contribution is 5.52. The third-order valence-electron chi connectivity index (χ3n) is 2.64. The van der Waals surface area contributed by atoms with E-state index in [4.69, 9.17) is 0 Å². The van der Waals surface area contributed by atoms with E-state index < -0.39 is 0 Å². The first-order valence-electron chi connectivity index (χ1n) is 5.36. The maximum Gasteiger partial charge on any atom is 0.0144 e. The van der Waals surface area contributed by atoms with Crippen molar-refractivity contribution in [2.75, 3.05) is 6.54 Å². The minimum Gasteiger partial charge on any atom is -0.388 e. The van der Waals surface area contributed by atoms with Crippen LogP contribution in [0, 0.1) is 6.92 Å². The first-order valence-corrected chi connectivity index (χ1v) is 5.36. The molecular formula is C13H17N. The molecule has 74 valence electrons. The van der Waals surface area contributed by atoms with Crippen LogP contribution < -0.4 is 5.32 Å². The molecule has 0 bridgehead atoms. The van der Waals surface area contributed by atoms with Gasteiger partial charge >= 0.3 is 0 Å². The average Bonchev–Trinajstić information content (AvgIpc) is 2.23. The Kier molecular flexibility index (Phi) is 2.87. The molecule has 1 aliphatic heterocycles. The third-order valence-corrected chi connectivity index (χ3v) is 2.64. The molecule has 0 amide bonds. The number of aryl methyl sites for hydroxylation is 1. The standard InChI is InChI=1S/C13H17N/c1-11-5-7-12(8-6-11)10-13-4-2-3-9-14-13/h5-8,10,14H,2-4,9H2,1H3. The summed E-state index contributed by atoms with van der Waals surface area (Å²) in [6.45, 7) is 3.26. The Balaban J connectivity index is 2.11. The van der Waals surface area contributed by atoms with Gasteiger partial charge in [-0.05, 0) is 37.8 Å². The molecule has 1 N–H and O–H groups in total. The van der Waals surface area contributed by atoms with E-state index in [1.165, 1.54) is 36.1 Å². The van der Waals surface area contributed by atoms with E-state index in [0.29, 0.717) is 0 Å². The van der Waals surface area contributed by atoms with Crippen LogP contribution in [0.4, 0.5) is 0 Å². The molecule has 0 atom stereocenters. The molecule has 1 nitrogen and oxygen atoms in total. The van der Waals surface area contributed by atoms with E-state index >= 15 is 0 Å². The predicted octanol–water partition coefficient (Wildman–Crippen LogP) is 3.11. The summed E-state index contributed by atoms with van der Waals surface area (Å²) in [4.78, 5) is 0. The lowest BCUT2D eigenvalue weighted by Gasteiger charge is -2.16. The highest BCUT2D eigenvalue weighted by Gasteiger charge is 2.03. The van der Waals surface area contributed by atoms with Crippen LogP contribution in [0.25, 0.3) is 6.08 Å². The summed E-state index contributed by atoms with van der Waals surface area (Å²) in [5.74, 6) is 0. The summed E-state index contributed by atoms with van der Waals surface area (Å²) in [5, 5.41) is 3.44. The Morgan fingerprint density at radius 1 is 1.14 bits per heavy atom. The molecule has 1 saturated heterocycles. The fourth-order valence-electron chi connectivity index (χ4n) is 1.76. The molecule has 0 saturated carbocycles. The Morgan fingerprint density at radius 3 is 2.57 bits per heavy atom. The number of benzene rings is 1. The molecule has 14 heavy (non-hydrogen) atoms. The minimum atomic E-state index is 1.14. The Hall–Kier alpha value is -1.24. The number of piperidine rings is 1. The number of rotatable bonds is 1. The largest absolute Gasteiger partial charge is 0.388 e. The van der Waals surface area contributed by atoms with E-state index in [1.807, 2.05) is 0 Å². The number of allylic oxidation sites excluding steroid dienone is 1. The topological polar surface area (TPSA) is 12.0 Å². The fourth-order valence-corrected chi connectivity index (χ4v) is 1.76. The van der Waals surface area contributed by atoms with Crippen LogP contribution in [0.1, 0.15) is 30.4 Å². The summed E-state index contributed by atoms with van der Waals surface area (Å²) in [6, 6.07) is 8.68. The molecule has 0 radical (unpaired) electrons. The molecular weight excluding hydrogens is 170 g/mol. The highest BCUT2D eigenvalue weighted by atomic mass is 14.9. The van der Waals surface area contributed by atoms with Crippen molar-refractivity contribution in [2.24, 2.45) is 0 Å². The summed E-state index contributed by atoms with van der Waals surface area (Å²) in [6.07, 6.45) is 6.10. The fraction of sp³-hybridized carbons (Fsp3) is 0.385. The van der Waals surface area contributed by atoms with Gasteiger partial charge in [-0.3, -0.25) is 0 Å². The summed E-state index contributed by atoms with van der Waals surface area (Å²) < 4.78 is 0. The van der Waals surface area contributed by atoms with Gasteiger partial charge in [-0.25, -0.2) is 0 Å². The molecule has 0 aromatic heterocycles. The van der Waals surface area contributed by atoms with Crippen molar-refractivity contribution >= 4 is 6.08 Å². The first kappa shape index (κ1) is 9.32. The van der Waals surface area contributed by atoms with E-state index in [1.54, 1.807) is 0 Å². The first-order chi connectivity index (χ1) is 6.84. The second-order valence-electron chi connectivity index (χ2n) is 3.96. The van der Waals surface area contributed by atoms with Crippen molar-refractivity contribution < 1.29 is 0 Å². The van der Waals surface area contributed by atoms with Crippen molar-refractivity contribution in [1.82, 2.24) is 5.32 Å². The van der Waals surface area contributed by atoms with Crippen LogP contribution in [0.2, 0.25) is 0 Å². The van der Waals surface area contributed by atoms with Gasteiger partial charge < -0.3 is 5.32 Å². The zero-order chi connectivity index (χ0) is 9.80. The normalized spacial score (nSPS) is 19.4. The second kappa shape index (κ2) is 4.32. The van der Waals surface area contributed by atoms with Crippen molar-refractivity contribution in [3.05, 3.63) is 41.1 Å². The van der Waals surface area contributed by atoms with Gasteiger partial charge in [-0.2, -0.15) is 0 Å². The van der Waals surface area contributed by atoms with Gasteiger partial charge in [0, 0.05) is 12.2 Å². The molecule has 1 heteroatoms. The van der Waals surface area contributed by atoms with Gasteiger partial charge in [-0.1, -0.05) is 29.8 Å². The molecule has 1 aromatic carbocycles. The maximum absolute atomic E-state index is 3.44. The average molecular weight is 187 g/mol. The van der Waals surface area contributed by atoms with E-state index in [-0.39, 0.29) is 0 Å². The molecule has 1 heterocycles. The van der Waals surface area contributed by atoms with Gasteiger partial charge in [0.15, 0.2) is 0 Å². The molecule has 1 fully saturated rings. The summed E-state index contributed by atoms with van der Waals surface area (Å²) >= 11 is 0. The lowest BCUT2D eigenvalue weighted by molar-refractivity contribution is 0.592. The van der Waals surface area contributed by atoms with Crippen molar-refractivity contribution in [3.8, 4) is 0 Å². The van der Waals surface area contributed by atoms with Gasteiger partial charge in [0.05, 0.1) is 0 Å². The molecule has 1 aliphatic rings. The minimum absolute atomic E-state index is 1.14. The van der Waals surface area contributed by atoms with Gasteiger partial charge in [-0.15, -0.1) is 0 Å². The molecule has 0 aliphatic carbocycles. The van der Waals surface area contributed by atoms with Crippen LogP contribution in [-0.4, -0.2) is 6.54 Å². The summed E-state index contributed by atoms with van der Waals surface area (Å²) in [7, 11) is 0. The molecule has 2 rings (SSSR count). The van der Waals surface area contributed by atoms with E-state index in [9.17, 15) is 0 Å². The van der Waals surface area contributed by atoms with Gasteiger partial charge in [0.25, 0.3) is 0 Å². The second-order valence-corrected chi connectivity index (χ2v) is 3.96. The highest BCUT2D eigenvalue weighted by Crippen LogP contribution is 2.14. The van der Waals surface area contributed by atoms with Crippen LogP contribution in [0.3, 0.4) is 0 Å². The van der Waals surface area contributed by atoms with Crippen molar-refractivity contribution in [2.45, 2.75) is 26.2 Å². The third kappa shape index (κ3) is 2.38. The zero-order valence-corrected chi connectivity index (χ0v) is 8.72. The van der Waals surface area contributed by atoms with Crippen molar-refractivity contribution in [3.63, 3.8) is 0 Å². The van der Waals surface area contributed by atoms with Crippen LogP contribution in [0.15, 0.2) is 30.0 Å². The number of nitrogens with one attached hydrogen (secondary N) is 1. The smallest absolute Gasteiger partial charge is 0.0144 e. The predicted molar refractivity (Wildman–Crippen MR) is 61.0 cm³/mol. The zero-order valence-electron chi connectivity index (χ0n) is 8.72. The van der Waals surface area contributed by atoms with Gasteiger partial charge in [0.1, 0.15) is 0 Å². The van der Waals surface area contributed by atoms with E-state index in [0.717, 1.165) is 6.54 Å². The number of hydrogen-bond donors (Lipinski definition) is 1. The summed E-state index contributed by atoms with van der Waals surface area (Å²) in [5.41, 5.74) is 4.02. The molecule has 0 spiro atoms. The lowest BCUT2D eigenvalue weighted by atomic mass is 10.1. The Labute approximate surface area is 85.8 Å². The van der Waals surface area contributed by atoms with Crippen LogP contribution in [0.5, 0.6) is 0 Å². The Morgan fingerprint density at radius 2 is 1.93 bits per heavy atom. The van der Waals surface area contributed by atoms with Gasteiger partial charge in [0.2, 0.25) is 0 Å². The number of hydrogen-bond acceptors (Lipinski definition) is 1. The molecule has 1 aromatic rings. The monoisotopic (exact) mass is 187 g/mol. The lowest BCUT2D eigenvalue weighted by Crippen LogP contribution is -2.19. The maximum atomic E-state index is 3.44. The SMILES string of the molecule is Cc1ccc(C=C2CCCCN2)cc1. The van der Waals surface area contributed by atoms with Crippen molar-refractivity contribution in [1.29, 1.82) is 0 Å². The van der Waals surface area contributed by atoms with Crippen LogP contribution >= 0.6 is 0 Å². The quantitative estimate of drug-likeness (QED) is 0.712. The van der Waals surface area contributed by atoms with Crippen LogP contribution in [-0.2, 0) is 0 Å². The van der Waals surface area contributed by atoms with E-state index in [2.05, 4.69) is 42.6 Å².